The molecule has 0 N–H and O–H groups in total. The lowest BCUT2D eigenvalue weighted by molar-refractivity contribution is -0.383. The standard InChI is InChI=1S/C14H16N2O3/c1-14(2,3)12(17)9-15-8-7-10-5-4-6-11(13(10)15)16(18)19/h4-8H,9H2,1-3H3. The summed E-state index contributed by atoms with van der Waals surface area (Å²) in [6, 6.07) is 6.70. The monoisotopic (exact) mass is 260 g/mol. The second kappa shape index (κ2) is 4.50. The van der Waals surface area contributed by atoms with Gasteiger partial charge in [-0.3, -0.25) is 14.9 Å². The number of hydrogen-bond donors (Lipinski definition) is 0. The van der Waals surface area contributed by atoms with Crippen molar-refractivity contribution in [2.75, 3.05) is 0 Å². The van der Waals surface area contributed by atoms with E-state index in [1.165, 1.54) is 6.07 Å². The van der Waals surface area contributed by atoms with Crippen molar-refractivity contribution in [1.82, 2.24) is 4.57 Å². The lowest BCUT2D eigenvalue weighted by Gasteiger charge is -2.17. The number of hydrogen-bond acceptors (Lipinski definition) is 3. The highest BCUT2D eigenvalue weighted by Gasteiger charge is 2.23. The molecule has 0 saturated carbocycles. The van der Waals surface area contributed by atoms with Crippen LogP contribution in [0.4, 0.5) is 5.69 Å². The number of ketones is 1. The van der Waals surface area contributed by atoms with Crippen LogP contribution in [0.5, 0.6) is 0 Å². The van der Waals surface area contributed by atoms with Crippen LogP contribution < -0.4 is 0 Å². The number of nitro benzene ring substituents is 1. The summed E-state index contributed by atoms with van der Waals surface area (Å²) in [5.74, 6) is 0.0446. The molecule has 0 aliphatic heterocycles. The number of carbonyl (C=O) groups excluding carboxylic acids is 1. The summed E-state index contributed by atoms with van der Waals surface area (Å²) in [6.45, 7) is 5.68. The second-order valence-corrected chi connectivity index (χ2v) is 5.59. The molecule has 1 aromatic carbocycles. The van der Waals surface area contributed by atoms with Gasteiger partial charge in [0, 0.05) is 23.1 Å². The van der Waals surface area contributed by atoms with Gasteiger partial charge in [-0.1, -0.05) is 32.9 Å². The fourth-order valence-electron chi connectivity index (χ4n) is 1.91. The van der Waals surface area contributed by atoms with E-state index >= 15 is 0 Å². The predicted molar refractivity (Wildman–Crippen MR) is 73.1 cm³/mol. The number of nitro groups is 1. The van der Waals surface area contributed by atoms with Crippen LogP contribution in [0.1, 0.15) is 20.8 Å². The Balaban J connectivity index is 2.51. The first-order valence-electron chi connectivity index (χ1n) is 6.06. The van der Waals surface area contributed by atoms with Crippen molar-refractivity contribution in [3.05, 3.63) is 40.6 Å². The van der Waals surface area contributed by atoms with E-state index in [0.717, 1.165) is 5.39 Å². The van der Waals surface area contributed by atoms with Gasteiger partial charge in [0.05, 0.1) is 11.5 Å². The molecule has 0 aliphatic rings. The molecule has 19 heavy (non-hydrogen) atoms. The Morgan fingerprint density at radius 1 is 1.32 bits per heavy atom. The highest BCUT2D eigenvalue weighted by molar-refractivity contribution is 5.91. The zero-order chi connectivity index (χ0) is 14.2. The smallest absolute Gasteiger partial charge is 0.293 e. The molecule has 5 heteroatoms. The molecule has 2 rings (SSSR count). The van der Waals surface area contributed by atoms with Crippen LogP contribution in [0.25, 0.3) is 10.9 Å². The van der Waals surface area contributed by atoms with E-state index in [0.29, 0.717) is 5.52 Å². The third kappa shape index (κ3) is 2.50. The summed E-state index contributed by atoms with van der Waals surface area (Å²) in [6.07, 6.45) is 1.72. The van der Waals surface area contributed by atoms with Crippen LogP contribution in [0.3, 0.4) is 0 Å². The number of Topliss-reactive ketones (excluding diaryl/α,β-unsaturated/α-hetero) is 1. The molecule has 2 aromatic rings. The first-order chi connectivity index (χ1) is 8.80. The zero-order valence-electron chi connectivity index (χ0n) is 11.2. The maximum Gasteiger partial charge on any atom is 0.293 e. The zero-order valence-corrected chi connectivity index (χ0v) is 11.2. The molecule has 0 aliphatic carbocycles. The van der Waals surface area contributed by atoms with Gasteiger partial charge in [-0.05, 0) is 6.07 Å². The van der Waals surface area contributed by atoms with Gasteiger partial charge in [0.2, 0.25) is 0 Å². The number of fused-ring (bicyclic) bond motifs is 1. The highest BCUT2D eigenvalue weighted by Crippen LogP contribution is 2.27. The first-order valence-corrected chi connectivity index (χ1v) is 6.06. The molecule has 0 spiro atoms. The Hall–Kier alpha value is -2.17. The summed E-state index contributed by atoms with van der Waals surface area (Å²) in [5, 5.41) is 11.8. The normalized spacial score (nSPS) is 11.7. The molecule has 5 nitrogen and oxygen atoms in total. The minimum absolute atomic E-state index is 0.0317. The van der Waals surface area contributed by atoms with Crippen LogP contribution in [0, 0.1) is 15.5 Å². The number of benzene rings is 1. The average Bonchev–Trinajstić information content (AvgIpc) is 2.71. The van der Waals surface area contributed by atoms with Crippen LogP contribution in [-0.2, 0) is 11.3 Å². The molecule has 0 amide bonds. The lowest BCUT2D eigenvalue weighted by atomic mass is 9.91. The molecule has 100 valence electrons. The van der Waals surface area contributed by atoms with E-state index in [1.807, 2.05) is 20.8 Å². The Kier molecular flexibility index (Phi) is 3.14. The Labute approximate surface area is 111 Å². The van der Waals surface area contributed by atoms with E-state index in [4.69, 9.17) is 0 Å². The Morgan fingerprint density at radius 2 is 2.00 bits per heavy atom. The van der Waals surface area contributed by atoms with Gasteiger partial charge < -0.3 is 4.57 Å². The van der Waals surface area contributed by atoms with E-state index in [2.05, 4.69) is 0 Å². The number of aromatic nitrogens is 1. The minimum Gasteiger partial charge on any atom is -0.334 e. The molecular weight excluding hydrogens is 244 g/mol. The largest absolute Gasteiger partial charge is 0.334 e. The number of para-hydroxylation sites is 1. The van der Waals surface area contributed by atoms with Gasteiger partial charge in [0.15, 0.2) is 5.78 Å². The molecule has 0 atom stereocenters. The average molecular weight is 260 g/mol. The first kappa shape index (κ1) is 13.3. The van der Waals surface area contributed by atoms with Crippen molar-refractivity contribution in [2.24, 2.45) is 5.41 Å². The van der Waals surface area contributed by atoms with Crippen LogP contribution >= 0.6 is 0 Å². The maximum atomic E-state index is 12.1. The number of non-ortho nitro benzene ring substituents is 1. The van der Waals surface area contributed by atoms with Crippen molar-refractivity contribution in [2.45, 2.75) is 27.3 Å². The van der Waals surface area contributed by atoms with Crippen LogP contribution in [0.2, 0.25) is 0 Å². The van der Waals surface area contributed by atoms with Crippen molar-refractivity contribution >= 4 is 22.4 Å². The van der Waals surface area contributed by atoms with E-state index in [-0.39, 0.29) is 18.0 Å². The molecule has 0 unspecified atom stereocenters. The Morgan fingerprint density at radius 3 is 2.58 bits per heavy atom. The number of carbonyl (C=O) groups is 1. The minimum atomic E-state index is -0.458. The van der Waals surface area contributed by atoms with E-state index in [9.17, 15) is 14.9 Å². The van der Waals surface area contributed by atoms with Gasteiger partial charge in [0.1, 0.15) is 5.52 Å². The third-order valence-electron chi connectivity index (χ3n) is 3.11. The van der Waals surface area contributed by atoms with Crippen LogP contribution in [0.15, 0.2) is 30.5 Å². The van der Waals surface area contributed by atoms with Crippen LogP contribution in [-0.4, -0.2) is 15.3 Å². The quantitative estimate of drug-likeness (QED) is 0.629. The summed E-state index contributed by atoms with van der Waals surface area (Å²) in [4.78, 5) is 22.7. The van der Waals surface area contributed by atoms with Crippen molar-refractivity contribution in [1.29, 1.82) is 0 Å². The fraction of sp³-hybridized carbons (Fsp3) is 0.357. The maximum absolute atomic E-state index is 12.1. The van der Waals surface area contributed by atoms with E-state index in [1.54, 1.807) is 29.0 Å². The van der Waals surface area contributed by atoms with Crippen molar-refractivity contribution in [3.63, 3.8) is 0 Å². The predicted octanol–water partition coefficient (Wildman–Crippen LogP) is 3.16. The SMILES string of the molecule is CC(C)(C)C(=O)Cn1ccc2cccc([N+](=O)[O-])c21. The molecule has 0 bridgehead atoms. The molecule has 0 radical (unpaired) electrons. The number of rotatable bonds is 3. The van der Waals surface area contributed by atoms with Gasteiger partial charge in [0.25, 0.3) is 5.69 Å². The van der Waals surface area contributed by atoms with Gasteiger partial charge in [-0.2, -0.15) is 0 Å². The molecule has 0 saturated heterocycles. The topological polar surface area (TPSA) is 65.1 Å². The lowest BCUT2D eigenvalue weighted by Crippen LogP contribution is -2.24. The van der Waals surface area contributed by atoms with Gasteiger partial charge in [-0.15, -0.1) is 0 Å². The molecule has 0 fully saturated rings. The summed E-state index contributed by atoms with van der Waals surface area (Å²) in [5.41, 5.74) is 0.0782. The summed E-state index contributed by atoms with van der Waals surface area (Å²) < 4.78 is 1.65. The third-order valence-corrected chi connectivity index (χ3v) is 3.11. The molecule has 1 heterocycles. The molecule has 1 aromatic heterocycles. The number of nitrogens with zero attached hydrogens (tertiary/aromatic N) is 2. The molecular formula is C14H16N2O3. The van der Waals surface area contributed by atoms with Crippen molar-refractivity contribution in [3.8, 4) is 0 Å². The highest BCUT2D eigenvalue weighted by atomic mass is 16.6. The summed E-state index contributed by atoms with van der Waals surface area (Å²) in [7, 11) is 0. The fourth-order valence-corrected chi connectivity index (χ4v) is 1.91. The Bertz CT molecular complexity index is 650. The van der Waals surface area contributed by atoms with Gasteiger partial charge in [-0.25, -0.2) is 0 Å². The summed E-state index contributed by atoms with van der Waals surface area (Å²) >= 11 is 0. The van der Waals surface area contributed by atoms with Gasteiger partial charge >= 0.3 is 0 Å². The van der Waals surface area contributed by atoms with Crippen molar-refractivity contribution < 1.29 is 9.72 Å². The van der Waals surface area contributed by atoms with E-state index < -0.39 is 10.3 Å². The second-order valence-electron chi connectivity index (χ2n) is 5.59.